The second-order valence-corrected chi connectivity index (χ2v) is 8.56. The van der Waals surface area contributed by atoms with Crippen LogP contribution >= 0.6 is 0 Å². The summed E-state index contributed by atoms with van der Waals surface area (Å²) < 4.78 is 0. The van der Waals surface area contributed by atoms with E-state index in [0.717, 1.165) is 77.3 Å². The quantitative estimate of drug-likeness (QED) is 0.168. The van der Waals surface area contributed by atoms with E-state index >= 15 is 0 Å². The molecular weight excluding hydrogens is 530 g/mol. The minimum atomic E-state index is -1.18. The molecule has 0 spiro atoms. The Morgan fingerprint density at radius 1 is 0.730 bits per heavy atom. The van der Waals surface area contributed by atoms with Crippen LogP contribution in [0.4, 0.5) is 0 Å². The second kappa shape index (κ2) is 19.6. The molecule has 1 aliphatic rings. The monoisotopic (exact) mass is 568 g/mol. The molecule has 1 aromatic rings. The van der Waals surface area contributed by atoms with Crippen molar-refractivity contribution in [1.82, 2.24) is 36.8 Å². The molecule has 2 rings (SSSR count). The molecule has 0 aromatic heterocycles. The number of carbonyl (C=O) groups is 4. The van der Waals surface area contributed by atoms with Gasteiger partial charge in [0.05, 0.1) is 13.1 Å². The van der Waals surface area contributed by atoms with Crippen LogP contribution in [-0.4, -0.2) is 106 Å². The summed E-state index contributed by atoms with van der Waals surface area (Å²) in [6.45, 7) is 7.41. The van der Waals surface area contributed by atoms with Gasteiger partial charge in [0, 0.05) is 38.3 Å². The van der Waals surface area contributed by atoms with Crippen molar-refractivity contribution in [2.24, 2.45) is 0 Å². The van der Waals surface area contributed by atoms with Crippen molar-refractivity contribution in [2.75, 3.05) is 72.0 Å². The number of carbonyl (C=O) groups excluding carboxylic acids is 3. The molecule has 12 nitrogen and oxygen atoms in total. The van der Waals surface area contributed by atoms with E-state index in [4.69, 9.17) is 5.11 Å². The number of nitrogens with zero attached hydrogens (tertiary/aromatic N) is 1. The minimum absolute atomic E-state index is 0. The average molecular weight is 569 g/mol. The Kier molecular flexibility index (Phi) is 17.2. The van der Waals surface area contributed by atoms with Crippen molar-refractivity contribution in [3.05, 3.63) is 35.4 Å². The van der Waals surface area contributed by atoms with Crippen LogP contribution in [0.1, 0.15) is 28.8 Å². The summed E-state index contributed by atoms with van der Waals surface area (Å²) in [5.41, 5.74) is 1.54. The number of benzene rings is 1. The summed E-state index contributed by atoms with van der Waals surface area (Å²) in [7, 11) is 0. The standard InChI is InChI=1S/C24H39N7O5.Cu/c32-21(29-17-23(34)35)15-28-22(33)16-30-24(36)20-5-3-19(4-6-20)18-31-13-2-9-26-11-10-25-7-1-8-27-12-14-31;/h3-6,25-27H,1-2,7-18H2,(H,28,33)(H,29,32)(H,30,36)(H,34,35);/q;+2. The number of carboxylic acids is 1. The number of hydrogen-bond acceptors (Lipinski definition) is 8. The van der Waals surface area contributed by atoms with E-state index in [0.29, 0.717) is 5.56 Å². The zero-order chi connectivity index (χ0) is 26.0. The molecule has 1 aliphatic heterocycles. The van der Waals surface area contributed by atoms with Gasteiger partial charge in [0.25, 0.3) is 5.91 Å². The summed E-state index contributed by atoms with van der Waals surface area (Å²) in [6.07, 6.45) is 2.16. The summed E-state index contributed by atoms with van der Waals surface area (Å²) in [5, 5.41) is 25.9. The van der Waals surface area contributed by atoms with Crippen LogP contribution < -0.4 is 31.9 Å². The first-order chi connectivity index (χ1) is 17.4. The molecule has 3 amide bonds. The fraction of sp³-hybridized carbons (Fsp3) is 0.583. The third kappa shape index (κ3) is 15.3. The van der Waals surface area contributed by atoms with E-state index in [-0.39, 0.29) is 30.2 Å². The zero-order valence-electron chi connectivity index (χ0n) is 21.0. The molecule has 1 heterocycles. The molecule has 1 fully saturated rings. The Morgan fingerprint density at radius 3 is 1.95 bits per heavy atom. The van der Waals surface area contributed by atoms with Crippen LogP contribution in [-0.2, 0) is 38.0 Å². The van der Waals surface area contributed by atoms with Gasteiger partial charge in [0.2, 0.25) is 11.8 Å². The van der Waals surface area contributed by atoms with Gasteiger partial charge in [-0.2, -0.15) is 0 Å². The third-order valence-electron chi connectivity index (χ3n) is 5.53. The Morgan fingerprint density at radius 2 is 1.30 bits per heavy atom. The van der Waals surface area contributed by atoms with Crippen molar-refractivity contribution < 1.29 is 41.4 Å². The molecule has 0 atom stereocenters. The van der Waals surface area contributed by atoms with Crippen molar-refractivity contribution in [1.29, 1.82) is 0 Å². The number of aliphatic carboxylic acids is 1. The number of hydrogen-bond donors (Lipinski definition) is 7. The van der Waals surface area contributed by atoms with Gasteiger partial charge >= 0.3 is 23.0 Å². The molecule has 1 aromatic carbocycles. The predicted molar refractivity (Wildman–Crippen MR) is 136 cm³/mol. The maximum absolute atomic E-state index is 12.4. The summed E-state index contributed by atoms with van der Waals surface area (Å²) in [5.74, 6) is -2.74. The molecule has 13 heteroatoms. The molecule has 1 radical (unpaired) electrons. The number of amides is 3. The van der Waals surface area contributed by atoms with Gasteiger partial charge in [0.1, 0.15) is 6.54 Å². The Bertz CT molecular complexity index is 827. The largest absolute Gasteiger partial charge is 2.00 e. The first-order valence-electron chi connectivity index (χ1n) is 12.4. The van der Waals surface area contributed by atoms with Crippen molar-refractivity contribution in [2.45, 2.75) is 19.4 Å². The van der Waals surface area contributed by atoms with Crippen molar-refractivity contribution >= 4 is 23.7 Å². The Balaban J connectivity index is 0.00000684. The second-order valence-electron chi connectivity index (χ2n) is 8.56. The van der Waals surface area contributed by atoms with E-state index in [1.54, 1.807) is 12.1 Å². The summed E-state index contributed by atoms with van der Waals surface area (Å²) in [6, 6.07) is 7.31. The average Bonchev–Trinajstić information content (AvgIpc) is 2.87. The topological polar surface area (TPSA) is 164 Å². The first-order valence-corrected chi connectivity index (χ1v) is 12.4. The molecule has 0 unspecified atom stereocenters. The molecule has 0 bridgehead atoms. The molecule has 0 aliphatic carbocycles. The van der Waals surface area contributed by atoms with E-state index in [1.165, 1.54) is 0 Å². The fourth-order valence-corrected chi connectivity index (χ4v) is 3.59. The zero-order valence-corrected chi connectivity index (χ0v) is 22.0. The van der Waals surface area contributed by atoms with E-state index in [2.05, 4.69) is 36.8 Å². The fourth-order valence-electron chi connectivity index (χ4n) is 3.59. The molecule has 37 heavy (non-hydrogen) atoms. The minimum Gasteiger partial charge on any atom is -0.480 e. The summed E-state index contributed by atoms with van der Waals surface area (Å²) >= 11 is 0. The van der Waals surface area contributed by atoms with E-state index in [1.807, 2.05) is 12.1 Å². The van der Waals surface area contributed by atoms with Gasteiger partial charge in [-0.1, -0.05) is 12.1 Å². The van der Waals surface area contributed by atoms with Crippen LogP contribution in [0.15, 0.2) is 24.3 Å². The van der Waals surface area contributed by atoms with E-state index < -0.39 is 30.2 Å². The van der Waals surface area contributed by atoms with Crippen LogP contribution in [0.3, 0.4) is 0 Å². The normalized spacial score (nSPS) is 15.9. The number of nitrogens with one attached hydrogen (secondary N) is 6. The Hall–Kier alpha value is -2.54. The van der Waals surface area contributed by atoms with Crippen molar-refractivity contribution in [3.8, 4) is 0 Å². The van der Waals surface area contributed by atoms with Gasteiger partial charge in [0.15, 0.2) is 0 Å². The summed E-state index contributed by atoms with van der Waals surface area (Å²) in [4.78, 5) is 48.4. The smallest absolute Gasteiger partial charge is 0.480 e. The molecule has 7 N–H and O–H groups in total. The first kappa shape index (κ1) is 32.5. The maximum atomic E-state index is 12.4. The molecule has 209 valence electrons. The Labute approximate surface area is 228 Å². The maximum Gasteiger partial charge on any atom is 2.00 e. The van der Waals surface area contributed by atoms with Gasteiger partial charge in [-0.05, 0) is 56.7 Å². The van der Waals surface area contributed by atoms with Crippen molar-refractivity contribution in [3.63, 3.8) is 0 Å². The number of carboxylic acid groups (broad SMARTS) is 1. The molecule has 1 saturated heterocycles. The van der Waals surface area contributed by atoms with Gasteiger partial charge in [-0.25, -0.2) is 0 Å². The van der Waals surface area contributed by atoms with Crippen LogP contribution in [0.5, 0.6) is 0 Å². The van der Waals surface area contributed by atoms with Gasteiger partial charge < -0.3 is 37.0 Å². The van der Waals surface area contributed by atoms with Gasteiger partial charge in [-0.15, -0.1) is 0 Å². The number of rotatable bonds is 9. The van der Waals surface area contributed by atoms with E-state index in [9.17, 15) is 19.2 Å². The molecule has 0 saturated carbocycles. The molecular formula is C24H39CuN7O5+2. The van der Waals surface area contributed by atoms with Crippen LogP contribution in [0.2, 0.25) is 0 Å². The third-order valence-corrected chi connectivity index (χ3v) is 5.53. The predicted octanol–water partition coefficient (Wildman–Crippen LogP) is -1.90. The SMILES string of the molecule is O=C(O)CNC(=O)CNC(=O)CNC(=O)c1ccc(CN2CCCNCCNCCCNCC2)cc1.[Cu+2]. The van der Waals surface area contributed by atoms with Gasteiger partial charge in [-0.3, -0.25) is 24.1 Å². The van der Waals surface area contributed by atoms with Crippen LogP contribution in [0.25, 0.3) is 0 Å². The van der Waals surface area contributed by atoms with Crippen LogP contribution in [0, 0.1) is 0 Å².